The fourth-order valence-corrected chi connectivity index (χ4v) is 4.85. The lowest BCUT2D eigenvalue weighted by atomic mass is 9.69. The van der Waals surface area contributed by atoms with Crippen molar-refractivity contribution in [3.05, 3.63) is 0 Å². The van der Waals surface area contributed by atoms with E-state index in [2.05, 4.69) is 5.32 Å². The van der Waals surface area contributed by atoms with Crippen LogP contribution in [0.1, 0.15) is 70.6 Å². The Kier molecular flexibility index (Phi) is 6.36. The summed E-state index contributed by atoms with van der Waals surface area (Å²) in [6, 6.07) is 0.703. The summed E-state index contributed by atoms with van der Waals surface area (Å²) in [5.74, 6) is 2.53. The minimum absolute atomic E-state index is 0. The topological polar surface area (TPSA) is 55.1 Å². The van der Waals surface area contributed by atoms with Crippen molar-refractivity contribution in [3.63, 3.8) is 0 Å². The molecular formula is C17H31ClN2O. The van der Waals surface area contributed by atoms with Gasteiger partial charge in [-0.25, -0.2) is 0 Å². The summed E-state index contributed by atoms with van der Waals surface area (Å²) in [7, 11) is 0. The number of fused-ring (bicyclic) bond motifs is 1. The molecule has 0 aliphatic heterocycles. The van der Waals surface area contributed by atoms with E-state index in [4.69, 9.17) is 5.73 Å². The molecule has 3 nitrogen and oxygen atoms in total. The molecule has 0 heterocycles. The van der Waals surface area contributed by atoms with E-state index in [0.717, 1.165) is 24.7 Å². The van der Waals surface area contributed by atoms with Gasteiger partial charge >= 0.3 is 0 Å². The molecule has 21 heavy (non-hydrogen) atoms. The molecule has 0 radical (unpaired) electrons. The van der Waals surface area contributed by atoms with E-state index >= 15 is 0 Å². The summed E-state index contributed by atoms with van der Waals surface area (Å²) in [5.41, 5.74) is 6.07. The van der Waals surface area contributed by atoms with E-state index in [1.807, 2.05) is 0 Å². The second kappa shape index (κ2) is 7.82. The zero-order valence-corrected chi connectivity index (χ0v) is 13.9. The monoisotopic (exact) mass is 314 g/mol. The first-order chi connectivity index (χ1) is 9.72. The molecule has 0 saturated heterocycles. The second-order valence-electron chi connectivity index (χ2n) is 7.44. The van der Waals surface area contributed by atoms with Crippen molar-refractivity contribution < 1.29 is 4.79 Å². The molecule has 3 fully saturated rings. The Morgan fingerprint density at radius 3 is 2.43 bits per heavy atom. The van der Waals surface area contributed by atoms with Crippen LogP contribution in [0.5, 0.6) is 0 Å². The van der Waals surface area contributed by atoms with E-state index in [1.54, 1.807) is 0 Å². The van der Waals surface area contributed by atoms with Crippen molar-refractivity contribution >= 4 is 18.3 Å². The fraction of sp³-hybridized carbons (Fsp3) is 0.941. The van der Waals surface area contributed by atoms with Gasteiger partial charge in [0, 0.05) is 18.5 Å². The van der Waals surface area contributed by atoms with Crippen LogP contribution >= 0.6 is 12.4 Å². The van der Waals surface area contributed by atoms with Gasteiger partial charge < -0.3 is 11.1 Å². The van der Waals surface area contributed by atoms with Crippen LogP contribution in [-0.2, 0) is 4.79 Å². The summed E-state index contributed by atoms with van der Waals surface area (Å²) in [6.07, 6.45) is 13.5. The number of amides is 1. The van der Waals surface area contributed by atoms with Crippen LogP contribution in [0.4, 0.5) is 0 Å². The van der Waals surface area contributed by atoms with Gasteiger partial charge in [0.05, 0.1) is 0 Å². The third-order valence-electron chi connectivity index (χ3n) is 6.07. The Bertz CT molecular complexity index is 350. The van der Waals surface area contributed by atoms with E-state index < -0.39 is 0 Å². The zero-order chi connectivity index (χ0) is 13.9. The number of nitrogens with two attached hydrogens (primary N) is 1. The highest BCUT2D eigenvalue weighted by Crippen LogP contribution is 2.40. The normalized spacial score (nSPS) is 39.2. The molecule has 5 atom stereocenters. The van der Waals surface area contributed by atoms with E-state index in [0.29, 0.717) is 18.4 Å². The van der Waals surface area contributed by atoms with Crippen molar-refractivity contribution in [2.24, 2.45) is 23.5 Å². The molecule has 0 spiro atoms. The summed E-state index contributed by atoms with van der Waals surface area (Å²) in [4.78, 5) is 12.2. The molecule has 0 aromatic rings. The number of hydrogen-bond donors (Lipinski definition) is 2. The highest BCUT2D eigenvalue weighted by Gasteiger charge is 2.33. The molecule has 0 aromatic heterocycles. The number of carbonyl (C=O) groups is 1. The van der Waals surface area contributed by atoms with Crippen molar-refractivity contribution in [1.82, 2.24) is 5.32 Å². The van der Waals surface area contributed by atoms with Crippen molar-refractivity contribution in [2.45, 2.75) is 82.7 Å². The van der Waals surface area contributed by atoms with Gasteiger partial charge in [0.2, 0.25) is 5.91 Å². The molecule has 3 aliphatic rings. The van der Waals surface area contributed by atoms with Gasteiger partial charge in [0.25, 0.3) is 0 Å². The number of hydrogen-bond acceptors (Lipinski definition) is 2. The molecule has 1 amide bonds. The molecule has 0 aromatic carbocycles. The van der Waals surface area contributed by atoms with E-state index in [9.17, 15) is 4.79 Å². The summed E-state index contributed by atoms with van der Waals surface area (Å²) in [5, 5.41) is 3.30. The average molecular weight is 315 g/mol. The predicted octanol–water partition coefficient (Wildman–Crippen LogP) is 3.40. The number of nitrogens with one attached hydrogen (secondary N) is 1. The molecular weight excluding hydrogens is 284 g/mol. The van der Waals surface area contributed by atoms with Crippen LogP contribution in [0.15, 0.2) is 0 Å². The highest BCUT2D eigenvalue weighted by molar-refractivity contribution is 5.85. The Morgan fingerprint density at radius 2 is 1.71 bits per heavy atom. The lowest BCUT2D eigenvalue weighted by molar-refractivity contribution is -0.123. The average Bonchev–Trinajstić information content (AvgIpc) is 2.84. The largest absolute Gasteiger partial charge is 0.353 e. The standard InChI is InChI=1S/C17H30N2O.ClH/c18-16-7-3-6-14(16)11-17(20)19-15-9-8-12-4-1-2-5-13(12)10-15;/h12-16H,1-11,18H2,(H,19,20);1H/t12?,13?,14-,15?,16+;/m0./s1. The quantitative estimate of drug-likeness (QED) is 0.839. The van der Waals surface area contributed by atoms with Gasteiger partial charge in [0.15, 0.2) is 0 Å². The molecule has 3 saturated carbocycles. The smallest absolute Gasteiger partial charge is 0.220 e. The fourth-order valence-electron chi connectivity index (χ4n) is 4.85. The third-order valence-corrected chi connectivity index (χ3v) is 6.07. The number of rotatable bonds is 3. The lowest BCUT2D eigenvalue weighted by Crippen LogP contribution is -2.42. The van der Waals surface area contributed by atoms with Gasteiger partial charge in [-0.3, -0.25) is 4.79 Å². The summed E-state index contributed by atoms with van der Waals surface area (Å²) < 4.78 is 0. The minimum Gasteiger partial charge on any atom is -0.353 e. The Labute approximate surface area is 135 Å². The first-order valence-electron chi connectivity index (χ1n) is 8.77. The molecule has 4 heteroatoms. The van der Waals surface area contributed by atoms with E-state index in [-0.39, 0.29) is 24.4 Å². The van der Waals surface area contributed by atoms with Crippen molar-refractivity contribution in [2.75, 3.05) is 0 Å². The number of carbonyl (C=O) groups excluding carboxylic acids is 1. The van der Waals surface area contributed by atoms with E-state index in [1.165, 1.54) is 51.4 Å². The van der Waals surface area contributed by atoms with Crippen LogP contribution < -0.4 is 11.1 Å². The molecule has 3 rings (SSSR count). The van der Waals surface area contributed by atoms with Crippen LogP contribution in [-0.4, -0.2) is 18.0 Å². The van der Waals surface area contributed by atoms with Crippen LogP contribution in [0.25, 0.3) is 0 Å². The van der Waals surface area contributed by atoms with Gasteiger partial charge in [0.1, 0.15) is 0 Å². The van der Waals surface area contributed by atoms with Gasteiger partial charge in [-0.05, 0) is 49.9 Å². The van der Waals surface area contributed by atoms with Crippen molar-refractivity contribution in [1.29, 1.82) is 0 Å². The predicted molar refractivity (Wildman–Crippen MR) is 88.4 cm³/mol. The zero-order valence-electron chi connectivity index (χ0n) is 13.1. The van der Waals surface area contributed by atoms with Crippen LogP contribution in [0.2, 0.25) is 0 Å². The second-order valence-corrected chi connectivity index (χ2v) is 7.44. The van der Waals surface area contributed by atoms with Gasteiger partial charge in [-0.15, -0.1) is 12.4 Å². The first kappa shape index (κ1) is 17.1. The maximum atomic E-state index is 12.2. The first-order valence-corrected chi connectivity index (χ1v) is 8.77. The van der Waals surface area contributed by atoms with Crippen LogP contribution in [0.3, 0.4) is 0 Å². The minimum atomic E-state index is 0. The Morgan fingerprint density at radius 1 is 0.952 bits per heavy atom. The van der Waals surface area contributed by atoms with Crippen LogP contribution in [0, 0.1) is 17.8 Å². The SMILES string of the molecule is Cl.N[C@@H]1CCC[C@H]1CC(=O)NC1CCC2CCCCC2C1. The molecule has 3 aliphatic carbocycles. The maximum absolute atomic E-state index is 12.2. The highest BCUT2D eigenvalue weighted by atomic mass is 35.5. The van der Waals surface area contributed by atoms with Gasteiger partial charge in [-0.1, -0.05) is 32.1 Å². The Hall–Kier alpha value is -0.280. The number of halogens is 1. The Balaban J connectivity index is 0.00000161. The van der Waals surface area contributed by atoms with Gasteiger partial charge in [-0.2, -0.15) is 0 Å². The van der Waals surface area contributed by atoms with Crippen molar-refractivity contribution in [3.8, 4) is 0 Å². The molecule has 3 N–H and O–H groups in total. The third kappa shape index (κ3) is 4.35. The lowest BCUT2D eigenvalue weighted by Gasteiger charge is -2.39. The molecule has 122 valence electrons. The molecule has 0 bridgehead atoms. The summed E-state index contributed by atoms with van der Waals surface area (Å²) in [6.45, 7) is 0. The maximum Gasteiger partial charge on any atom is 0.220 e. The molecule has 3 unspecified atom stereocenters. The summed E-state index contributed by atoms with van der Waals surface area (Å²) >= 11 is 0.